The Morgan fingerprint density at radius 1 is 1.00 bits per heavy atom. The smallest absolute Gasteiger partial charge is 0.422 e. The van der Waals surface area contributed by atoms with Crippen LogP contribution in [0.25, 0.3) is 11.0 Å². The van der Waals surface area contributed by atoms with Crippen molar-refractivity contribution in [2.24, 2.45) is 24.3 Å². The number of ether oxygens (including phenoxy) is 1. The average molecular weight is 317 g/mol. The molecule has 0 spiro atoms. The number of aryl methyl sites for hydroxylation is 2. The van der Waals surface area contributed by atoms with Gasteiger partial charge in [-0.15, -0.1) is 0 Å². The van der Waals surface area contributed by atoms with E-state index in [-0.39, 0.29) is 12.4 Å². The Hall–Kier alpha value is -2.40. The zero-order valence-electron chi connectivity index (χ0n) is 12.7. The van der Waals surface area contributed by atoms with Crippen LogP contribution in [0.5, 0.6) is 5.75 Å². The van der Waals surface area contributed by atoms with Crippen molar-refractivity contribution in [2.75, 3.05) is 7.11 Å². The molecule has 2 aromatic carbocycles. The third-order valence-corrected chi connectivity index (χ3v) is 3.53. The maximum absolute atomic E-state index is 5.13. The standard InChI is InChI=1S/C16H17N4O.ClH/c1-19-14-6-4-5-7-15(14)20(2)16(19)18-17-12-8-10-13(21-3)11-9-12;/h4-11H,1-3H3;1H/q+1;/p-1. The molecule has 3 aromatic rings. The molecule has 0 aliphatic carbocycles. The van der Waals surface area contributed by atoms with E-state index in [1.165, 1.54) is 0 Å². The van der Waals surface area contributed by atoms with Gasteiger partial charge in [0.1, 0.15) is 22.5 Å². The van der Waals surface area contributed by atoms with E-state index in [9.17, 15) is 0 Å². The molecule has 0 radical (unpaired) electrons. The molecule has 0 amide bonds. The first-order valence-corrected chi connectivity index (χ1v) is 6.70. The number of hydrogen-bond acceptors (Lipinski definition) is 3. The van der Waals surface area contributed by atoms with Crippen LogP contribution in [0.2, 0.25) is 0 Å². The van der Waals surface area contributed by atoms with Crippen LogP contribution in [-0.4, -0.2) is 11.7 Å². The zero-order chi connectivity index (χ0) is 14.8. The van der Waals surface area contributed by atoms with Gasteiger partial charge in [-0.25, -0.2) is 9.13 Å². The van der Waals surface area contributed by atoms with Crippen molar-refractivity contribution in [3.63, 3.8) is 0 Å². The van der Waals surface area contributed by atoms with Crippen LogP contribution in [0.4, 0.5) is 11.6 Å². The van der Waals surface area contributed by atoms with Crippen LogP contribution in [0, 0.1) is 0 Å². The molecule has 0 aliphatic rings. The molecule has 22 heavy (non-hydrogen) atoms. The monoisotopic (exact) mass is 316 g/mol. The van der Waals surface area contributed by atoms with Gasteiger partial charge in [0.15, 0.2) is 0 Å². The largest absolute Gasteiger partial charge is 1.00 e. The van der Waals surface area contributed by atoms with Crippen LogP contribution in [0.15, 0.2) is 58.8 Å². The average Bonchev–Trinajstić information content (AvgIpc) is 2.78. The second kappa shape index (κ2) is 6.58. The molecule has 1 aromatic heterocycles. The van der Waals surface area contributed by atoms with Crippen molar-refractivity contribution in [2.45, 2.75) is 0 Å². The van der Waals surface area contributed by atoms with Gasteiger partial charge in [-0.2, -0.15) is 0 Å². The molecular weight excluding hydrogens is 300 g/mol. The maximum Gasteiger partial charge on any atom is 0.422 e. The molecule has 0 aliphatic heterocycles. The molecule has 3 rings (SSSR count). The summed E-state index contributed by atoms with van der Waals surface area (Å²) in [5.41, 5.74) is 3.05. The highest BCUT2D eigenvalue weighted by Crippen LogP contribution is 2.22. The third-order valence-electron chi connectivity index (χ3n) is 3.53. The molecule has 0 N–H and O–H groups in total. The minimum absolute atomic E-state index is 0. The number of azo groups is 1. The lowest BCUT2D eigenvalue weighted by atomic mass is 10.3. The second-order valence-electron chi connectivity index (χ2n) is 4.80. The first kappa shape index (κ1) is 16.0. The Kier molecular flexibility index (Phi) is 4.78. The Bertz CT molecular complexity index is 770. The summed E-state index contributed by atoms with van der Waals surface area (Å²) in [5, 5.41) is 8.67. The van der Waals surface area contributed by atoms with E-state index in [1.807, 2.05) is 59.6 Å². The molecule has 6 heteroatoms. The predicted molar refractivity (Wildman–Crippen MR) is 81.3 cm³/mol. The Morgan fingerprint density at radius 3 is 2.32 bits per heavy atom. The first-order chi connectivity index (χ1) is 10.2. The second-order valence-corrected chi connectivity index (χ2v) is 4.80. The van der Waals surface area contributed by atoms with Gasteiger partial charge >= 0.3 is 5.95 Å². The summed E-state index contributed by atoms with van der Waals surface area (Å²) in [5.74, 6) is 1.61. The number of rotatable bonds is 3. The molecule has 114 valence electrons. The zero-order valence-corrected chi connectivity index (χ0v) is 13.4. The highest BCUT2D eigenvalue weighted by Gasteiger charge is 2.18. The summed E-state index contributed by atoms with van der Waals surface area (Å²) in [6.45, 7) is 0. The van der Waals surface area contributed by atoms with E-state index in [4.69, 9.17) is 4.74 Å². The number of methoxy groups -OCH3 is 1. The van der Waals surface area contributed by atoms with Crippen molar-refractivity contribution in [3.8, 4) is 5.75 Å². The van der Waals surface area contributed by atoms with Gasteiger partial charge in [-0.1, -0.05) is 17.2 Å². The van der Waals surface area contributed by atoms with Crippen molar-refractivity contribution in [3.05, 3.63) is 48.5 Å². The van der Waals surface area contributed by atoms with Crippen molar-refractivity contribution in [1.29, 1.82) is 0 Å². The number of fused-ring (bicyclic) bond motifs is 1. The Morgan fingerprint density at radius 2 is 1.68 bits per heavy atom. The van der Waals surface area contributed by atoms with E-state index in [1.54, 1.807) is 7.11 Å². The Balaban J connectivity index is 0.00000176. The van der Waals surface area contributed by atoms with Crippen molar-refractivity contribution >= 4 is 22.7 Å². The summed E-state index contributed by atoms with van der Waals surface area (Å²) in [6.07, 6.45) is 0. The van der Waals surface area contributed by atoms with Gasteiger partial charge in [-0.3, -0.25) is 0 Å². The first-order valence-electron chi connectivity index (χ1n) is 6.70. The maximum atomic E-state index is 5.13. The van der Waals surface area contributed by atoms with E-state index < -0.39 is 0 Å². The van der Waals surface area contributed by atoms with E-state index >= 15 is 0 Å². The van der Waals surface area contributed by atoms with E-state index in [2.05, 4.69) is 22.4 Å². The van der Waals surface area contributed by atoms with Crippen LogP contribution >= 0.6 is 0 Å². The quantitative estimate of drug-likeness (QED) is 0.510. The number of halogens is 1. The highest BCUT2D eigenvalue weighted by molar-refractivity contribution is 5.73. The highest BCUT2D eigenvalue weighted by atomic mass is 35.5. The van der Waals surface area contributed by atoms with Crippen LogP contribution in [0.3, 0.4) is 0 Å². The third kappa shape index (κ3) is 2.80. The fraction of sp³-hybridized carbons (Fsp3) is 0.188. The number of imidazole rings is 1. The summed E-state index contributed by atoms with van der Waals surface area (Å²) in [6, 6.07) is 15.7. The number of benzene rings is 2. The van der Waals surface area contributed by atoms with Crippen molar-refractivity contribution in [1.82, 2.24) is 4.57 Å². The topological polar surface area (TPSA) is 42.8 Å². The molecule has 5 nitrogen and oxygen atoms in total. The van der Waals surface area contributed by atoms with E-state index in [0.29, 0.717) is 0 Å². The summed E-state index contributed by atoms with van der Waals surface area (Å²) < 4.78 is 9.19. The Labute approximate surface area is 135 Å². The normalized spacial score (nSPS) is 10.9. The summed E-state index contributed by atoms with van der Waals surface area (Å²) in [4.78, 5) is 0. The molecular formula is C16H17ClN4O. The van der Waals surface area contributed by atoms with Gasteiger partial charge in [0.05, 0.1) is 21.2 Å². The van der Waals surface area contributed by atoms with Gasteiger partial charge in [0.2, 0.25) is 0 Å². The SMILES string of the molecule is COc1ccc(N=Nc2n(C)c3ccccc3[n+]2C)cc1.[Cl-]. The summed E-state index contributed by atoms with van der Waals surface area (Å²) >= 11 is 0. The lowest BCUT2D eigenvalue weighted by molar-refractivity contribution is -0.632. The minimum Gasteiger partial charge on any atom is -1.00 e. The molecule has 0 unspecified atom stereocenters. The molecule has 1 heterocycles. The lowest BCUT2D eigenvalue weighted by Gasteiger charge is -1.97. The molecule has 0 atom stereocenters. The molecule has 0 saturated carbocycles. The van der Waals surface area contributed by atoms with E-state index in [0.717, 1.165) is 28.4 Å². The van der Waals surface area contributed by atoms with Crippen LogP contribution in [-0.2, 0) is 14.1 Å². The minimum atomic E-state index is 0. The number of hydrogen-bond donors (Lipinski definition) is 0. The predicted octanol–water partition coefficient (Wildman–Crippen LogP) is 0.431. The van der Waals surface area contributed by atoms with Gasteiger partial charge in [0, 0.05) is 5.11 Å². The molecule has 0 bridgehead atoms. The number of aromatic nitrogens is 2. The summed E-state index contributed by atoms with van der Waals surface area (Å²) in [7, 11) is 5.63. The van der Waals surface area contributed by atoms with Gasteiger partial charge in [0.25, 0.3) is 0 Å². The molecule has 0 saturated heterocycles. The molecule has 0 fully saturated rings. The van der Waals surface area contributed by atoms with Gasteiger partial charge in [-0.05, 0) is 36.4 Å². The number of para-hydroxylation sites is 2. The number of nitrogens with zero attached hydrogens (tertiary/aromatic N) is 4. The van der Waals surface area contributed by atoms with Crippen molar-refractivity contribution < 1.29 is 21.7 Å². The van der Waals surface area contributed by atoms with Gasteiger partial charge < -0.3 is 17.1 Å². The van der Waals surface area contributed by atoms with Crippen LogP contribution in [0.1, 0.15) is 0 Å². The van der Waals surface area contributed by atoms with Crippen LogP contribution < -0.4 is 21.7 Å². The lowest BCUT2D eigenvalue weighted by Crippen LogP contribution is -3.00. The fourth-order valence-corrected chi connectivity index (χ4v) is 2.36. The fourth-order valence-electron chi connectivity index (χ4n) is 2.36.